The van der Waals surface area contributed by atoms with E-state index in [9.17, 15) is 19.7 Å². The summed E-state index contributed by atoms with van der Waals surface area (Å²) in [6.45, 7) is 2.03. The Balaban J connectivity index is 1.90. The van der Waals surface area contributed by atoms with Gasteiger partial charge in [-0.1, -0.05) is 11.3 Å². The molecule has 0 radical (unpaired) electrons. The first-order valence-electron chi connectivity index (χ1n) is 6.81. The van der Waals surface area contributed by atoms with Gasteiger partial charge in [0.05, 0.1) is 23.6 Å². The maximum Gasteiger partial charge on any atom is 0.324 e. The molecule has 10 heteroatoms. The molecule has 2 rings (SSSR count). The van der Waals surface area contributed by atoms with Crippen LogP contribution in [0.15, 0.2) is 23.6 Å². The van der Waals surface area contributed by atoms with Crippen LogP contribution >= 0.6 is 22.7 Å². The van der Waals surface area contributed by atoms with Crippen LogP contribution in [0.5, 0.6) is 0 Å². The number of esters is 1. The number of nitrogens with one attached hydrogen (secondary N) is 1. The number of thiazole rings is 1. The molecule has 2 heterocycles. The van der Waals surface area contributed by atoms with Crippen LogP contribution in [0, 0.1) is 10.1 Å². The Labute approximate surface area is 144 Å². The molecule has 8 nitrogen and oxygen atoms in total. The van der Waals surface area contributed by atoms with E-state index in [1.807, 2.05) is 0 Å². The van der Waals surface area contributed by atoms with Gasteiger partial charge in [-0.2, -0.15) is 0 Å². The number of thiophene rings is 1. The highest BCUT2D eigenvalue weighted by molar-refractivity contribution is 7.16. The smallest absolute Gasteiger partial charge is 0.324 e. The largest absolute Gasteiger partial charge is 0.466 e. The zero-order valence-corrected chi connectivity index (χ0v) is 14.2. The van der Waals surface area contributed by atoms with Crippen LogP contribution in [0.2, 0.25) is 0 Å². The number of carbonyl (C=O) groups is 2. The number of rotatable bonds is 7. The summed E-state index contributed by atoms with van der Waals surface area (Å²) in [5.74, 6) is -0.789. The van der Waals surface area contributed by atoms with E-state index in [1.54, 1.807) is 18.4 Å². The number of amides is 1. The molecule has 0 bridgehead atoms. The summed E-state index contributed by atoms with van der Waals surface area (Å²) in [4.78, 5) is 38.0. The number of hydrogen-bond donors (Lipinski definition) is 1. The van der Waals surface area contributed by atoms with Gasteiger partial charge in [-0.3, -0.25) is 25.0 Å². The number of anilines is 1. The van der Waals surface area contributed by atoms with Gasteiger partial charge in [0.25, 0.3) is 0 Å². The maximum absolute atomic E-state index is 11.8. The maximum atomic E-state index is 11.8. The minimum atomic E-state index is -0.483. The first-order valence-corrected chi connectivity index (χ1v) is 8.51. The molecule has 24 heavy (non-hydrogen) atoms. The molecule has 0 spiro atoms. The van der Waals surface area contributed by atoms with Crippen molar-refractivity contribution in [3.63, 3.8) is 0 Å². The predicted octanol–water partition coefficient (Wildman–Crippen LogP) is 2.87. The van der Waals surface area contributed by atoms with Gasteiger partial charge in [-0.05, 0) is 19.1 Å². The van der Waals surface area contributed by atoms with E-state index < -0.39 is 10.8 Å². The summed E-state index contributed by atoms with van der Waals surface area (Å²) >= 11 is 2.17. The molecule has 0 atom stereocenters. The Morgan fingerprint density at radius 1 is 1.46 bits per heavy atom. The van der Waals surface area contributed by atoms with E-state index in [0.29, 0.717) is 22.3 Å². The van der Waals surface area contributed by atoms with Gasteiger partial charge in [0.1, 0.15) is 0 Å². The van der Waals surface area contributed by atoms with Crippen LogP contribution in [0.4, 0.5) is 10.1 Å². The topological polar surface area (TPSA) is 111 Å². The quantitative estimate of drug-likeness (QED) is 0.349. The Hall–Kier alpha value is -2.59. The average Bonchev–Trinajstić information content (AvgIpc) is 3.15. The van der Waals surface area contributed by atoms with Crippen LogP contribution in [0.1, 0.15) is 17.5 Å². The van der Waals surface area contributed by atoms with Crippen LogP contribution in [-0.4, -0.2) is 28.4 Å². The van der Waals surface area contributed by atoms with Gasteiger partial charge in [0, 0.05) is 22.4 Å². The van der Waals surface area contributed by atoms with Crippen LogP contribution < -0.4 is 5.32 Å². The minimum absolute atomic E-state index is 0.0126. The Bertz CT molecular complexity index is 781. The summed E-state index contributed by atoms with van der Waals surface area (Å²) in [5, 5.41) is 15.2. The van der Waals surface area contributed by atoms with Gasteiger partial charge in [-0.25, -0.2) is 4.98 Å². The number of hydrogen-bond acceptors (Lipinski definition) is 8. The van der Waals surface area contributed by atoms with Crippen molar-refractivity contribution >= 4 is 50.8 Å². The van der Waals surface area contributed by atoms with Crippen molar-refractivity contribution in [2.45, 2.75) is 13.3 Å². The minimum Gasteiger partial charge on any atom is -0.466 e. The predicted molar refractivity (Wildman–Crippen MR) is 91.1 cm³/mol. The van der Waals surface area contributed by atoms with Crippen molar-refractivity contribution in [2.24, 2.45) is 0 Å². The van der Waals surface area contributed by atoms with E-state index in [0.717, 1.165) is 11.3 Å². The van der Waals surface area contributed by atoms with Crippen molar-refractivity contribution in [1.29, 1.82) is 0 Å². The molecule has 0 unspecified atom stereocenters. The highest BCUT2D eigenvalue weighted by atomic mass is 32.1. The molecule has 2 aromatic heterocycles. The normalized spacial score (nSPS) is 10.7. The lowest BCUT2D eigenvalue weighted by Crippen LogP contribution is -2.09. The number of nitro groups is 1. The van der Waals surface area contributed by atoms with Crippen LogP contribution in [0.3, 0.4) is 0 Å². The van der Waals surface area contributed by atoms with E-state index >= 15 is 0 Å². The SMILES string of the molecule is CCOC(=O)Cc1csc(NC(=O)/C=C/c2ccc([N+](=O)[O-])s2)n1. The second-order valence-electron chi connectivity index (χ2n) is 4.38. The molecular weight excluding hydrogens is 354 g/mol. The molecule has 2 aromatic rings. The second-order valence-corrected chi connectivity index (χ2v) is 6.33. The first kappa shape index (κ1) is 17.8. The third-order valence-corrected chi connectivity index (χ3v) is 4.41. The lowest BCUT2D eigenvalue weighted by atomic mass is 10.3. The molecule has 0 aliphatic heterocycles. The van der Waals surface area contributed by atoms with Gasteiger partial charge in [0.15, 0.2) is 5.13 Å². The van der Waals surface area contributed by atoms with Crippen molar-refractivity contribution in [3.8, 4) is 0 Å². The first-order chi connectivity index (χ1) is 11.5. The van der Waals surface area contributed by atoms with Crippen molar-refractivity contribution in [2.75, 3.05) is 11.9 Å². The van der Waals surface area contributed by atoms with Gasteiger partial charge in [0.2, 0.25) is 5.91 Å². The van der Waals surface area contributed by atoms with Crippen molar-refractivity contribution in [3.05, 3.63) is 44.3 Å². The zero-order valence-electron chi connectivity index (χ0n) is 12.6. The third-order valence-electron chi connectivity index (χ3n) is 2.60. The molecule has 0 saturated heterocycles. The summed E-state index contributed by atoms with van der Waals surface area (Å²) in [7, 11) is 0. The number of ether oxygens (including phenoxy) is 1. The highest BCUT2D eigenvalue weighted by Crippen LogP contribution is 2.25. The van der Waals surface area contributed by atoms with E-state index in [4.69, 9.17) is 4.74 Å². The lowest BCUT2D eigenvalue weighted by Gasteiger charge is -1.98. The molecule has 126 valence electrons. The highest BCUT2D eigenvalue weighted by Gasteiger charge is 2.10. The zero-order chi connectivity index (χ0) is 17.5. The number of aromatic nitrogens is 1. The Morgan fingerprint density at radius 2 is 2.25 bits per heavy atom. The lowest BCUT2D eigenvalue weighted by molar-refractivity contribution is -0.380. The number of nitrogens with zero attached hydrogens (tertiary/aromatic N) is 2. The van der Waals surface area contributed by atoms with E-state index in [1.165, 1.54) is 29.6 Å². The van der Waals surface area contributed by atoms with Crippen LogP contribution in [-0.2, 0) is 20.7 Å². The molecule has 0 saturated carbocycles. The summed E-state index contributed by atoms with van der Waals surface area (Å²) in [6, 6.07) is 2.94. The molecule has 1 amide bonds. The molecular formula is C14H13N3O5S2. The van der Waals surface area contributed by atoms with Crippen molar-refractivity contribution < 1.29 is 19.2 Å². The fraction of sp³-hybridized carbons (Fsp3) is 0.214. The Kier molecular flexibility index (Phi) is 6.15. The van der Waals surface area contributed by atoms with Crippen LogP contribution in [0.25, 0.3) is 6.08 Å². The monoisotopic (exact) mass is 367 g/mol. The third kappa shape index (κ3) is 5.25. The summed E-state index contributed by atoms with van der Waals surface area (Å²) < 4.78 is 4.82. The summed E-state index contributed by atoms with van der Waals surface area (Å²) in [6.07, 6.45) is 2.80. The fourth-order valence-electron chi connectivity index (χ4n) is 1.64. The molecule has 0 aliphatic carbocycles. The Morgan fingerprint density at radius 3 is 2.92 bits per heavy atom. The fourth-order valence-corrected chi connectivity index (χ4v) is 3.08. The molecule has 0 aliphatic rings. The van der Waals surface area contributed by atoms with Gasteiger partial charge >= 0.3 is 11.0 Å². The molecule has 0 aromatic carbocycles. The standard InChI is InChI=1S/C14H13N3O5S2/c1-2-22-13(19)7-9-8-23-14(15-9)16-11(18)5-3-10-4-6-12(24-10)17(20)21/h3-6,8H,2,7H2,1H3,(H,15,16,18)/b5-3+. The molecule has 0 fully saturated rings. The van der Waals surface area contributed by atoms with Gasteiger partial charge in [-0.15, -0.1) is 11.3 Å². The number of carbonyl (C=O) groups excluding carboxylic acids is 2. The molecule has 1 N–H and O–H groups in total. The second kappa shape index (κ2) is 8.31. The average molecular weight is 367 g/mol. The van der Waals surface area contributed by atoms with E-state index in [-0.39, 0.29) is 17.4 Å². The van der Waals surface area contributed by atoms with Gasteiger partial charge < -0.3 is 4.74 Å². The van der Waals surface area contributed by atoms with Crippen molar-refractivity contribution in [1.82, 2.24) is 4.98 Å². The van der Waals surface area contributed by atoms with E-state index in [2.05, 4.69) is 10.3 Å². The summed E-state index contributed by atoms with van der Waals surface area (Å²) in [5.41, 5.74) is 0.520.